The molecule has 0 saturated carbocycles. The quantitative estimate of drug-likeness (QED) is 0.908. The first-order valence-corrected chi connectivity index (χ1v) is 7.62. The van der Waals surface area contributed by atoms with Crippen molar-refractivity contribution < 1.29 is 9.53 Å². The number of amides is 1. The van der Waals surface area contributed by atoms with Gasteiger partial charge in [-0.2, -0.15) is 0 Å². The number of hydrogen-bond acceptors (Lipinski definition) is 2. The number of aromatic nitrogens is 1. The highest BCUT2D eigenvalue weighted by atomic mass is 16.5. The monoisotopic (exact) mass is 286 g/mol. The van der Waals surface area contributed by atoms with Gasteiger partial charge in [0.05, 0.1) is 6.61 Å². The molecule has 1 atom stereocenters. The fourth-order valence-electron chi connectivity index (χ4n) is 3.15. The topological polar surface area (TPSA) is 54.1 Å². The van der Waals surface area contributed by atoms with Gasteiger partial charge >= 0.3 is 0 Å². The molecule has 1 aliphatic carbocycles. The van der Waals surface area contributed by atoms with Crippen LogP contribution in [0.15, 0.2) is 18.2 Å². The van der Waals surface area contributed by atoms with E-state index in [4.69, 9.17) is 4.74 Å². The molecule has 4 heteroatoms. The van der Waals surface area contributed by atoms with Crippen molar-refractivity contribution >= 4 is 16.8 Å². The Kier molecular flexibility index (Phi) is 3.97. The molecule has 0 radical (unpaired) electrons. The fraction of sp³-hybridized carbons (Fsp3) is 0.471. The first-order chi connectivity index (χ1) is 10.2. The normalized spacial score (nSPS) is 15.7. The molecule has 1 aliphatic rings. The third-order valence-corrected chi connectivity index (χ3v) is 4.15. The zero-order valence-electron chi connectivity index (χ0n) is 12.7. The smallest absolute Gasteiger partial charge is 0.251 e. The Morgan fingerprint density at radius 2 is 2.19 bits per heavy atom. The van der Waals surface area contributed by atoms with Crippen molar-refractivity contribution in [3.63, 3.8) is 0 Å². The van der Waals surface area contributed by atoms with Gasteiger partial charge in [0.15, 0.2) is 0 Å². The van der Waals surface area contributed by atoms with Crippen molar-refractivity contribution in [3.8, 4) is 0 Å². The van der Waals surface area contributed by atoms with E-state index in [2.05, 4.69) is 10.3 Å². The van der Waals surface area contributed by atoms with Gasteiger partial charge < -0.3 is 15.0 Å². The Hall–Kier alpha value is -1.81. The molecular formula is C17H22N2O2. The third-order valence-electron chi connectivity index (χ3n) is 4.15. The van der Waals surface area contributed by atoms with E-state index < -0.39 is 0 Å². The van der Waals surface area contributed by atoms with Crippen LogP contribution in [-0.2, 0) is 17.6 Å². The van der Waals surface area contributed by atoms with Gasteiger partial charge in [0, 0.05) is 35.3 Å². The van der Waals surface area contributed by atoms with Crippen molar-refractivity contribution in [1.29, 1.82) is 0 Å². The summed E-state index contributed by atoms with van der Waals surface area (Å²) < 4.78 is 5.05. The van der Waals surface area contributed by atoms with Crippen LogP contribution in [0, 0.1) is 0 Å². The summed E-state index contributed by atoms with van der Waals surface area (Å²) in [6.07, 6.45) is 4.72. The molecule has 4 nitrogen and oxygen atoms in total. The van der Waals surface area contributed by atoms with Crippen molar-refractivity contribution in [2.45, 2.75) is 38.6 Å². The van der Waals surface area contributed by atoms with Crippen molar-refractivity contribution in [3.05, 3.63) is 35.0 Å². The highest BCUT2D eigenvalue weighted by Gasteiger charge is 2.17. The molecule has 0 bridgehead atoms. The van der Waals surface area contributed by atoms with Gasteiger partial charge in [-0.25, -0.2) is 0 Å². The van der Waals surface area contributed by atoms with Gasteiger partial charge in [-0.1, -0.05) is 0 Å². The molecule has 1 amide bonds. The number of methoxy groups -OCH3 is 1. The van der Waals surface area contributed by atoms with Gasteiger partial charge in [-0.3, -0.25) is 4.79 Å². The molecule has 0 spiro atoms. The molecule has 0 aliphatic heterocycles. The molecule has 1 unspecified atom stereocenters. The van der Waals surface area contributed by atoms with E-state index in [1.165, 1.54) is 29.5 Å². The number of aryl methyl sites for hydroxylation is 2. The van der Waals surface area contributed by atoms with Gasteiger partial charge in [-0.15, -0.1) is 0 Å². The van der Waals surface area contributed by atoms with Crippen LogP contribution in [0.4, 0.5) is 0 Å². The molecular weight excluding hydrogens is 264 g/mol. The average Bonchev–Trinajstić information content (AvgIpc) is 2.85. The van der Waals surface area contributed by atoms with E-state index in [0.717, 1.165) is 23.9 Å². The Bertz CT molecular complexity index is 660. The van der Waals surface area contributed by atoms with Crippen LogP contribution >= 0.6 is 0 Å². The lowest BCUT2D eigenvalue weighted by molar-refractivity contribution is 0.0905. The molecule has 0 fully saturated rings. The van der Waals surface area contributed by atoms with E-state index in [1.54, 1.807) is 7.11 Å². The number of carbonyl (C=O) groups excluding carboxylic acids is 1. The maximum atomic E-state index is 12.3. The standard InChI is InChI=1S/C17H22N2O2/c1-11(10-21-2)18-17(20)12-7-8-16-14(9-12)13-5-3-4-6-15(13)19-16/h7-9,11,19H,3-6,10H2,1-2H3,(H,18,20). The summed E-state index contributed by atoms with van der Waals surface area (Å²) in [6.45, 7) is 2.46. The van der Waals surface area contributed by atoms with Crippen molar-refractivity contribution in [1.82, 2.24) is 10.3 Å². The molecule has 1 aromatic heterocycles. The van der Waals surface area contributed by atoms with Crippen LogP contribution in [0.2, 0.25) is 0 Å². The predicted octanol–water partition coefficient (Wildman–Crippen LogP) is 2.81. The Morgan fingerprint density at radius 1 is 1.38 bits per heavy atom. The average molecular weight is 286 g/mol. The number of ether oxygens (including phenoxy) is 1. The second kappa shape index (κ2) is 5.90. The van der Waals surface area contributed by atoms with Crippen LogP contribution in [0.3, 0.4) is 0 Å². The highest BCUT2D eigenvalue weighted by Crippen LogP contribution is 2.29. The first kappa shape index (κ1) is 14.1. The summed E-state index contributed by atoms with van der Waals surface area (Å²) in [6, 6.07) is 5.94. The number of rotatable bonds is 4. The highest BCUT2D eigenvalue weighted by molar-refractivity contribution is 5.99. The zero-order chi connectivity index (χ0) is 14.8. The SMILES string of the molecule is COCC(C)NC(=O)c1ccc2[nH]c3c(c2c1)CCCC3. The number of nitrogens with one attached hydrogen (secondary N) is 2. The number of benzene rings is 1. The maximum Gasteiger partial charge on any atom is 0.251 e. The molecule has 2 N–H and O–H groups in total. The van der Waals surface area contributed by atoms with Crippen molar-refractivity contribution in [2.24, 2.45) is 0 Å². The van der Waals surface area contributed by atoms with Crippen LogP contribution in [-0.4, -0.2) is 30.6 Å². The minimum Gasteiger partial charge on any atom is -0.383 e. The van der Waals surface area contributed by atoms with E-state index in [-0.39, 0.29) is 11.9 Å². The summed E-state index contributed by atoms with van der Waals surface area (Å²) in [5.74, 6) is -0.0350. The molecule has 2 aromatic rings. The summed E-state index contributed by atoms with van der Waals surface area (Å²) in [5, 5.41) is 4.17. The van der Waals surface area contributed by atoms with E-state index >= 15 is 0 Å². The first-order valence-electron chi connectivity index (χ1n) is 7.62. The second-order valence-corrected chi connectivity index (χ2v) is 5.88. The number of aromatic amines is 1. The van der Waals surface area contributed by atoms with Crippen molar-refractivity contribution in [2.75, 3.05) is 13.7 Å². The Balaban J connectivity index is 1.88. The summed E-state index contributed by atoms with van der Waals surface area (Å²) in [4.78, 5) is 15.8. The molecule has 21 heavy (non-hydrogen) atoms. The number of carbonyl (C=O) groups is 1. The van der Waals surface area contributed by atoms with E-state index in [0.29, 0.717) is 6.61 Å². The zero-order valence-corrected chi connectivity index (χ0v) is 12.7. The van der Waals surface area contributed by atoms with E-state index in [9.17, 15) is 4.79 Å². The van der Waals surface area contributed by atoms with Gasteiger partial charge in [-0.05, 0) is 56.4 Å². The van der Waals surface area contributed by atoms with Crippen LogP contribution < -0.4 is 5.32 Å². The number of fused-ring (bicyclic) bond motifs is 3. The lowest BCUT2D eigenvalue weighted by atomic mass is 9.95. The maximum absolute atomic E-state index is 12.3. The lowest BCUT2D eigenvalue weighted by Gasteiger charge is -2.13. The molecule has 1 heterocycles. The molecule has 3 rings (SSSR count). The Morgan fingerprint density at radius 3 is 3.00 bits per heavy atom. The predicted molar refractivity (Wildman–Crippen MR) is 83.7 cm³/mol. The van der Waals surface area contributed by atoms with Gasteiger partial charge in [0.1, 0.15) is 0 Å². The van der Waals surface area contributed by atoms with Crippen LogP contribution in [0.25, 0.3) is 10.9 Å². The number of hydrogen-bond donors (Lipinski definition) is 2. The number of H-pyrrole nitrogens is 1. The van der Waals surface area contributed by atoms with Gasteiger partial charge in [0.25, 0.3) is 5.91 Å². The second-order valence-electron chi connectivity index (χ2n) is 5.88. The minimum absolute atomic E-state index is 0.0123. The summed E-state index contributed by atoms with van der Waals surface area (Å²) in [5.41, 5.74) is 4.61. The minimum atomic E-state index is -0.0350. The summed E-state index contributed by atoms with van der Waals surface area (Å²) in [7, 11) is 1.64. The summed E-state index contributed by atoms with van der Waals surface area (Å²) >= 11 is 0. The fourth-order valence-corrected chi connectivity index (χ4v) is 3.15. The van der Waals surface area contributed by atoms with Crippen LogP contribution in [0.1, 0.15) is 41.4 Å². The lowest BCUT2D eigenvalue weighted by Crippen LogP contribution is -2.35. The third kappa shape index (κ3) is 2.81. The molecule has 112 valence electrons. The molecule has 1 aromatic carbocycles. The molecule has 0 saturated heterocycles. The van der Waals surface area contributed by atoms with Gasteiger partial charge in [0.2, 0.25) is 0 Å². The van der Waals surface area contributed by atoms with E-state index in [1.807, 2.05) is 25.1 Å². The Labute approximate surface area is 124 Å². The van der Waals surface area contributed by atoms with Crippen LogP contribution in [0.5, 0.6) is 0 Å². The largest absolute Gasteiger partial charge is 0.383 e.